The summed E-state index contributed by atoms with van der Waals surface area (Å²) in [6, 6.07) is 14.5. The number of amides is 1. The molecule has 0 unspecified atom stereocenters. The summed E-state index contributed by atoms with van der Waals surface area (Å²) in [5.74, 6) is 0.778. The highest BCUT2D eigenvalue weighted by Gasteiger charge is 2.48. The van der Waals surface area contributed by atoms with E-state index in [0.717, 1.165) is 43.7 Å². The van der Waals surface area contributed by atoms with Gasteiger partial charge in [0.05, 0.1) is 10.3 Å². The van der Waals surface area contributed by atoms with Gasteiger partial charge >= 0.3 is 0 Å². The van der Waals surface area contributed by atoms with Crippen LogP contribution in [0.15, 0.2) is 53.4 Å². The predicted molar refractivity (Wildman–Crippen MR) is 107 cm³/mol. The maximum absolute atomic E-state index is 12.6. The average molecular weight is 400 g/mol. The number of para-hydroxylation sites is 1. The number of benzene rings is 2. The van der Waals surface area contributed by atoms with Gasteiger partial charge in [0.1, 0.15) is 12.4 Å². The van der Waals surface area contributed by atoms with Gasteiger partial charge in [-0.05, 0) is 61.8 Å². The topological polar surface area (TPSA) is 75.7 Å². The molecule has 0 bridgehead atoms. The second-order valence-corrected chi connectivity index (χ2v) is 9.53. The third-order valence-corrected chi connectivity index (χ3v) is 6.89. The van der Waals surface area contributed by atoms with Crippen LogP contribution in [0.1, 0.15) is 18.4 Å². The van der Waals surface area contributed by atoms with Crippen LogP contribution in [0.2, 0.25) is 0 Å². The number of anilines is 1. The molecule has 0 aromatic heterocycles. The van der Waals surface area contributed by atoms with Crippen LogP contribution in [0.4, 0.5) is 5.69 Å². The Morgan fingerprint density at radius 3 is 2.43 bits per heavy atom. The Morgan fingerprint density at radius 2 is 1.75 bits per heavy atom. The molecule has 2 aliphatic heterocycles. The first-order valence-electron chi connectivity index (χ1n) is 9.45. The number of fused-ring (bicyclic) bond motifs is 2. The largest absolute Gasteiger partial charge is 0.492 e. The van der Waals surface area contributed by atoms with E-state index in [9.17, 15) is 13.2 Å². The van der Waals surface area contributed by atoms with E-state index in [-0.39, 0.29) is 10.8 Å². The highest BCUT2D eigenvalue weighted by atomic mass is 32.2. The first-order valence-corrected chi connectivity index (χ1v) is 11.3. The van der Waals surface area contributed by atoms with Gasteiger partial charge in [0.2, 0.25) is 5.91 Å². The molecule has 0 radical (unpaired) electrons. The summed E-state index contributed by atoms with van der Waals surface area (Å²) >= 11 is 0. The van der Waals surface area contributed by atoms with Crippen LogP contribution in [0.3, 0.4) is 0 Å². The molecule has 1 fully saturated rings. The van der Waals surface area contributed by atoms with Gasteiger partial charge in [-0.15, -0.1) is 0 Å². The molecule has 0 aliphatic carbocycles. The van der Waals surface area contributed by atoms with Crippen molar-refractivity contribution < 1.29 is 17.9 Å². The fourth-order valence-corrected chi connectivity index (χ4v) is 4.73. The first kappa shape index (κ1) is 19.0. The highest BCUT2D eigenvalue weighted by molar-refractivity contribution is 7.90. The number of piperidine rings is 1. The molecule has 1 saturated heterocycles. The summed E-state index contributed by atoms with van der Waals surface area (Å²) in [6.45, 7) is 2.98. The SMILES string of the molecule is CS(=O)(=O)c1ccc(OCCN2CCC3(CC2)C(=O)Nc2ccccc23)cc1. The van der Waals surface area contributed by atoms with Crippen molar-refractivity contribution in [3.63, 3.8) is 0 Å². The fraction of sp³-hybridized carbons (Fsp3) is 0.381. The Labute approximate surface area is 165 Å². The van der Waals surface area contributed by atoms with Gasteiger partial charge in [-0.2, -0.15) is 0 Å². The minimum atomic E-state index is -3.19. The van der Waals surface area contributed by atoms with Gasteiger partial charge in [0.15, 0.2) is 9.84 Å². The summed E-state index contributed by atoms with van der Waals surface area (Å²) in [5, 5.41) is 3.03. The van der Waals surface area contributed by atoms with Gasteiger partial charge in [0.25, 0.3) is 0 Å². The van der Waals surface area contributed by atoms with Crippen molar-refractivity contribution in [3.05, 3.63) is 54.1 Å². The lowest BCUT2D eigenvalue weighted by Crippen LogP contribution is -2.47. The number of sulfone groups is 1. The molecule has 2 heterocycles. The Kier molecular flexibility index (Phi) is 4.89. The lowest BCUT2D eigenvalue weighted by atomic mass is 9.74. The van der Waals surface area contributed by atoms with Crippen molar-refractivity contribution in [1.82, 2.24) is 4.90 Å². The van der Waals surface area contributed by atoms with Crippen LogP contribution in [-0.4, -0.2) is 51.7 Å². The molecular formula is C21H24N2O4S. The summed E-state index contributed by atoms with van der Waals surface area (Å²) in [7, 11) is -3.19. The molecule has 1 N–H and O–H groups in total. The molecule has 2 aromatic carbocycles. The Balaban J connectivity index is 1.30. The van der Waals surface area contributed by atoms with Crippen molar-refractivity contribution in [2.45, 2.75) is 23.2 Å². The molecule has 6 nitrogen and oxygen atoms in total. The molecule has 7 heteroatoms. The number of rotatable bonds is 5. The number of carbonyl (C=O) groups excluding carboxylic acids is 1. The lowest BCUT2D eigenvalue weighted by Gasteiger charge is -2.37. The lowest BCUT2D eigenvalue weighted by molar-refractivity contribution is -0.122. The third-order valence-electron chi connectivity index (χ3n) is 5.76. The number of likely N-dealkylation sites (tertiary alicyclic amines) is 1. The van der Waals surface area contributed by atoms with Crippen LogP contribution in [0.25, 0.3) is 0 Å². The van der Waals surface area contributed by atoms with E-state index in [2.05, 4.69) is 16.3 Å². The van der Waals surface area contributed by atoms with Gasteiger partial charge in [-0.25, -0.2) is 8.42 Å². The van der Waals surface area contributed by atoms with E-state index >= 15 is 0 Å². The average Bonchev–Trinajstić information content (AvgIpc) is 2.95. The summed E-state index contributed by atoms with van der Waals surface area (Å²) in [6.07, 6.45) is 2.80. The van der Waals surface area contributed by atoms with Gasteiger partial charge in [0, 0.05) is 18.5 Å². The van der Waals surface area contributed by atoms with Crippen molar-refractivity contribution in [3.8, 4) is 5.75 Å². The van der Waals surface area contributed by atoms with E-state index in [4.69, 9.17) is 4.74 Å². The molecule has 1 amide bonds. The minimum absolute atomic E-state index is 0.121. The van der Waals surface area contributed by atoms with Crippen LogP contribution in [-0.2, 0) is 20.0 Å². The molecule has 2 aromatic rings. The van der Waals surface area contributed by atoms with Crippen molar-refractivity contribution in [2.24, 2.45) is 0 Å². The van der Waals surface area contributed by atoms with Crippen molar-refractivity contribution in [2.75, 3.05) is 37.8 Å². The van der Waals surface area contributed by atoms with Crippen LogP contribution >= 0.6 is 0 Å². The summed E-state index contributed by atoms with van der Waals surface area (Å²) < 4.78 is 28.7. The number of hydrogen-bond acceptors (Lipinski definition) is 5. The first-order chi connectivity index (χ1) is 13.4. The second kappa shape index (κ2) is 7.22. The van der Waals surface area contributed by atoms with Crippen LogP contribution in [0.5, 0.6) is 5.75 Å². The zero-order valence-corrected chi connectivity index (χ0v) is 16.7. The number of nitrogens with one attached hydrogen (secondary N) is 1. The molecule has 0 saturated carbocycles. The van der Waals surface area contributed by atoms with E-state index in [1.165, 1.54) is 6.26 Å². The zero-order chi connectivity index (χ0) is 19.8. The molecule has 2 aliphatic rings. The molecular weight excluding hydrogens is 376 g/mol. The molecule has 0 atom stereocenters. The minimum Gasteiger partial charge on any atom is -0.492 e. The second-order valence-electron chi connectivity index (χ2n) is 7.52. The van der Waals surface area contributed by atoms with E-state index in [0.29, 0.717) is 12.4 Å². The molecule has 148 valence electrons. The van der Waals surface area contributed by atoms with Crippen molar-refractivity contribution in [1.29, 1.82) is 0 Å². The summed E-state index contributed by atoms with van der Waals surface area (Å²) in [5.41, 5.74) is 1.68. The predicted octanol–water partition coefficient (Wildman–Crippen LogP) is 2.45. The van der Waals surface area contributed by atoms with Gasteiger partial charge in [-0.1, -0.05) is 18.2 Å². The normalized spacial score (nSPS) is 18.7. The fourth-order valence-electron chi connectivity index (χ4n) is 4.10. The van der Waals surface area contributed by atoms with E-state index in [1.54, 1.807) is 24.3 Å². The molecule has 4 rings (SSSR count). The number of ether oxygens (including phenoxy) is 1. The van der Waals surface area contributed by atoms with E-state index < -0.39 is 15.3 Å². The van der Waals surface area contributed by atoms with Crippen LogP contribution in [0, 0.1) is 0 Å². The van der Waals surface area contributed by atoms with Gasteiger partial charge < -0.3 is 10.1 Å². The standard InChI is InChI=1S/C21H24N2O4S/c1-28(25,26)17-8-6-16(7-9-17)27-15-14-23-12-10-21(11-13-23)18-4-2-3-5-19(18)22-20(21)24/h2-9H,10-15H2,1H3,(H,22,24). The van der Waals surface area contributed by atoms with E-state index in [1.807, 2.05) is 18.2 Å². The zero-order valence-electron chi connectivity index (χ0n) is 15.8. The summed E-state index contributed by atoms with van der Waals surface area (Å²) in [4.78, 5) is 15.2. The van der Waals surface area contributed by atoms with Crippen molar-refractivity contribution >= 4 is 21.4 Å². The molecule has 1 spiro atoms. The Hall–Kier alpha value is -2.38. The third kappa shape index (κ3) is 3.52. The Morgan fingerprint density at radius 1 is 1.07 bits per heavy atom. The molecule has 28 heavy (non-hydrogen) atoms. The Bertz CT molecular complexity index is 978. The number of hydrogen-bond donors (Lipinski definition) is 1. The maximum Gasteiger partial charge on any atom is 0.235 e. The maximum atomic E-state index is 12.6. The monoisotopic (exact) mass is 400 g/mol. The van der Waals surface area contributed by atoms with Crippen LogP contribution < -0.4 is 10.1 Å². The highest BCUT2D eigenvalue weighted by Crippen LogP contribution is 2.44. The number of nitrogens with zero attached hydrogens (tertiary/aromatic N) is 1. The quantitative estimate of drug-likeness (QED) is 0.834. The smallest absolute Gasteiger partial charge is 0.235 e. The van der Waals surface area contributed by atoms with Gasteiger partial charge in [-0.3, -0.25) is 9.69 Å². The number of carbonyl (C=O) groups is 1.